The van der Waals surface area contributed by atoms with Crippen LogP contribution in [0.2, 0.25) is 0 Å². The maximum Gasteiger partial charge on any atom is 0.244 e. The predicted molar refractivity (Wildman–Crippen MR) is 82.7 cm³/mol. The van der Waals surface area contributed by atoms with Crippen molar-refractivity contribution in [3.8, 4) is 0 Å². The van der Waals surface area contributed by atoms with Crippen molar-refractivity contribution >= 4 is 12.0 Å². The first kappa shape index (κ1) is 16.1. The topological polar surface area (TPSA) is 41.6 Å². The van der Waals surface area contributed by atoms with Crippen molar-refractivity contribution in [1.29, 1.82) is 0 Å². The van der Waals surface area contributed by atoms with Crippen molar-refractivity contribution in [3.05, 3.63) is 41.5 Å². The van der Waals surface area contributed by atoms with E-state index in [-0.39, 0.29) is 17.6 Å². The zero-order chi connectivity index (χ0) is 16.2. The number of carbonyl (C=O) groups excluding carboxylic acids is 1. The van der Waals surface area contributed by atoms with E-state index >= 15 is 0 Å². The van der Waals surface area contributed by atoms with Crippen molar-refractivity contribution in [1.82, 2.24) is 10.2 Å². The summed E-state index contributed by atoms with van der Waals surface area (Å²) in [4.78, 5) is 14.2. The summed E-state index contributed by atoms with van der Waals surface area (Å²) in [6.45, 7) is 3.00. The number of amides is 1. The van der Waals surface area contributed by atoms with E-state index in [1.807, 2.05) is 0 Å². The van der Waals surface area contributed by atoms with Gasteiger partial charge in [0.1, 0.15) is 11.6 Å². The second-order valence-electron chi connectivity index (χ2n) is 5.96. The van der Waals surface area contributed by atoms with Crippen LogP contribution in [0.5, 0.6) is 0 Å². The van der Waals surface area contributed by atoms with Crippen LogP contribution in [-0.4, -0.2) is 49.2 Å². The highest BCUT2D eigenvalue weighted by Gasteiger charge is 2.32. The number of carbonyl (C=O) groups is 1. The molecule has 0 radical (unpaired) electrons. The molecule has 124 valence electrons. The van der Waals surface area contributed by atoms with Gasteiger partial charge >= 0.3 is 0 Å². The molecule has 0 unspecified atom stereocenters. The van der Waals surface area contributed by atoms with E-state index in [0.717, 1.165) is 37.4 Å². The number of fused-ring (bicyclic) bond motifs is 1. The van der Waals surface area contributed by atoms with E-state index < -0.39 is 11.6 Å². The van der Waals surface area contributed by atoms with Gasteiger partial charge in [-0.05, 0) is 37.6 Å². The standard InChI is InChI=1S/C17H20F2N2O2/c18-15-4-1-5-16(19)14(15)6-7-17(22)20-9-13-10-21-8-2-3-12(21)11-23-13/h1,4-7,12-13H,2-3,8-11H2,(H,20,22)/b7-6-/t12-,13-/m1/s1. The summed E-state index contributed by atoms with van der Waals surface area (Å²) >= 11 is 0. The Kier molecular flexibility index (Phi) is 5.03. The molecule has 2 atom stereocenters. The number of nitrogens with one attached hydrogen (secondary N) is 1. The highest BCUT2D eigenvalue weighted by atomic mass is 19.1. The molecule has 2 aliphatic heterocycles. The Labute approximate surface area is 134 Å². The van der Waals surface area contributed by atoms with Crippen LogP contribution >= 0.6 is 0 Å². The monoisotopic (exact) mass is 322 g/mol. The molecule has 1 N–H and O–H groups in total. The summed E-state index contributed by atoms with van der Waals surface area (Å²) in [5.41, 5.74) is -0.212. The zero-order valence-corrected chi connectivity index (χ0v) is 12.8. The minimum atomic E-state index is -0.690. The first-order chi connectivity index (χ1) is 11.1. The van der Waals surface area contributed by atoms with Crippen LogP contribution in [0.4, 0.5) is 8.78 Å². The van der Waals surface area contributed by atoms with Crippen LogP contribution in [0.3, 0.4) is 0 Å². The molecule has 23 heavy (non-hydrogen) atoms. The van der Waals surface area contributed by atoms with Gasteiger partial charge in [0, 0.05) is 30.8 Å². The molecule has 0 aromatic heterocycles. The molecule has 4 nitrogen and oxygen atoms in total. The Balaban J connectivity index is 1.49. The number of hydrogen-bond donors (Lipinski definition) is 1. The van der Waals surface area contributed by atoms with Crippen LogP contribution in [0, 0.1) is 11.6 Å². The molecule has 3 rings (SSSR count). The first-order valence-corrected chi connectivity index (χ1v) is 7.89. The summed E-state index contributed by atoms with van der Waals surface area (Å²) in [6, 6.07) is 4.12. The van der Waals surface area contributed by atoms with E-state index in [2.05, 4.69) is 10.2 Å². The second kappa shape index (κ2) is 7.19. The van der Waals surface area contributed by atoms with E-state index in [4.69, 9.17) is 4.74 Å². The Morgan fingerprint density at radius 3 is 2.96 bits per heavy atom. The van der Waals surface area contributed by atoms with Crippen LogP contribution in [0.25, 0.3) is 6.08 Å². The highest BCUT2D eigenvalue weighted by molar-refractivity contribution is 5.91. The lowest BCUT2D eigenvalue weighted by Crippen LogP contribution is -2.49. The van der Waals surface area contributed by atoms with Gasteiger partial charge in [0.15, 0.2) is 0 Å². The van der Waals surface area contributed by atoms with Gasteiger partial charge in [-0.25, -0.2) is 8.78 Å². The zero-order valence-electron chi connectivity index (χ0n) is 12.8. The summed E-state index contributed by atoms with van der Waals surface area (Å²) in [5.74, 6) is -1.77. The maximum absolute atomic E-state index is 13.5. The van der Waals surface area contributed by atoms with Gasteiger partial charge in [0.25, 0.3) is 0 Å². The molecule has 6 heteroatoms. The number of ether oxygens (including phenoxy) is 1. The predicted octanol–water partition coefficient (Wildman–Crippen LogP) is 1.96. The lowest BCUT2D eigenvalue weighted by Gasteiger charge is -2.35. The Morgan fingerprint density at radius 2 is 2.17 bits per heavy atom. The maximum atomic E-state index is 13.5. The first-order valence-electron chi connectivity index (χ1n) is 7.89. The fraction of sp³-hybridized carbons (Fsp3) is 0.471. The lowest BCUT2D eigenvalue weighted by molar-refractivity contribution is -0.117. The molecule has 0 aliphatic carbocycles. The van der Waals surface area contributed by atoms with Crippen LogP contribution in [-0.2, 0) is 9.53 Å². The minimum Gasteiger partial charge on any atom is -0.373 e. The summed E-state index contributed by atoms with van der Waals surface area (Å²) in [6.07, 6.45) is 4.63. The molecule has 2 heterocycles. The van der Waals surface area contributed by atoms with Crippen molar-refractivity contribution in [2.75, 3.05) is 26.2 Å². The van der Waals surface area contributed by atoms with Crippen molar-refractivity contribution < 1.29 is 18.3 Å². The average molecular weight is 322 g/mol. The quantitative estimate of drug-likeness (QED) is 0.862. The van der Waals surface area contributed by atoms with E-state index in [1.54, 1.807) is 0 Å². The molecule has 2 saturated heterocycles. The van der Waals surface area contributed by atoms with Gasteiger partial charge in [-0.2, -0.15) is 0 Å². The Bertz CT molecular complexity index is 586. The molecule has 0 saturated carbocycles. The van der Waals surface area contributed by atoms with Gasteiger partial charge in [0.2, 0.25) is 5.91 Å². The minimum absolute atomic E-state index is 0.0353. The van der Waals surface area contributed by atoms with Gasteiger partial charge in [0.05, 0.1) is 12.7 Å². The van der Waals surface area contributed by atoms with Gasteiger partial charge < -0.3 is 10.1 Å². The molecule has 1 aromatic rings. The van der Waals surface area contributed by atoms with Crippen molar-refractivity contribution in [3.63, 3.8) is 0 Å². The fourth-order valence-electron chi connectivity index (χ4n) is 3.11. The van der Waals surface area contributed by atoms with Gasteiger partial charge in [-0.15, -0.1) is 0 Å². The molecule has 0 bridgehead atoms. The lowest BCUT2D eigenvalue weighted by atomic mass is 10.1. The molecule has 0 spiro atoms. The third-order valence-electron chi connectivity index (χ3n) is 4.37. The second-order valence-corrected chi connectivity index (χ2v) is 5.96. The van der Waals surface area contributed by atoms with E-state index in [0.29, 0.717) is 19.2 Å². The molecule has 1 aromatic carbocycles. The number of morpholine rings is 1. The molecule has 1 amide bonds. The largest absolute Gasteiger partial charge is 0.373 e. The normalized spacial score (nSPS) is 24.8. The van der Waals surface area contributed by atoms with Crippen molar-refractivity contribution in [2.24, 2.45) is 0 Å². The third-order valence-corrected chi connectivity index (χ3v) is 4.37. The fourth-order valence-corrected chi connectivity index (χ4v) is 3.11. The number of nitrogens with zero attached hydrogens (tertiary/aromatic N) is 1. The van der Waals surface area contributed by atoms with Crippen molar-refractivity contribution in [2.45, 2.75) is 25.0 Å². The number of benzene rings is 1. The van der Waals surface area contributed by atoms with Crippen LogP contribution in [0.15, 0.2) is 24.3 Å². The molecular weight excluding hydrogens is 302 g/mol. The molecule has 2 fully saturated rings. The van der Waals surface area contributed by atoms with E-state index in [9.17, 15) is 13.6 Å². The Hall–Kier alpha value is -1.79. The Morgan fingerprint density at radius 1 is 1.39 bits per heavy atom. The highest BCUT2D eigenvalue weighted by Crippen LogP contribution is 2.22. The SMILES string of the molecule is O=C(/C=C\c1c(F)cccc1F)NC[C@@H]1CN2CCC[C@@H]2CO1. The number of hydrogen-bond acceptors (Lipinski definition) is 3. The third kappa shape index (κ3) is 3.95. The molecular formula is C17H20F2N2O2. The van der Waals surface area contributed by atoms with E-state index in [1.165, 1.54) is 18.9 Å². The number of halogens is 2. The number of rotatable bonds is 4. The average Bonchev–Trinajstić information content (AvgIpc) is 3.00. The van der Waals surface area contributed by atoms with Crippen LogP contribution < -0.4 is 5.32 Å². The van der Waals surface area contributed by atoms with Gasteiger partial charge in [-0.1, -0.05) is 6.07 Å². The molecule has 2 aliphatic rings. The van der Waals surface area contributed by atoms with Gasteiger partial charge in [-0.3, -0.25) is 9.69 Å². The summed E-state index contributed by atoms with van der Waals surface area (Å²) in [7, 11) is 0. The van der Waals surface area contributed by atoms with Crippen LogP contribution in [0.1, 0.15) is 18.4 Å². The smallest absolute Gasteiger partial charge is 0.244 e. The summed E-state index contributed by atoms with van der Waals surface area (Å²) in [5, 5.41) is 2.72. The summed E-state index contributed by atoms with van der Waals surface area (Å²) < 4.78 is 32.7.